The molecule has 0 fully saturated rings. The monoisotopic (exact) mass is 545 g/mol. The fourth-order valence-corrected chi connectivity index (χ4v) is 4.84. The number of anilines is 3. The average Bonchev–Trinajstić information content (AvgIpc) is 3.22. The van der Waals surface area contributed by atoms with E-state index in [0.29, 0.717) is 35.0 Å². The Bertz CT molecular complexity index is 1360. The lowest BCUT2D eigenvalue weighted by atomic mass is 9.99. The minimum absolute atomic E-state index is 0.140. The van der Waals surface area contributed by atoms with Crippen LogP contribution in [0.4, 0.5) is 16.5 Å². The summed E-state index contributed by atoms with van der Waals surface area (Å²) in [4.78, 5) is 28.1. The van der Waals surface area contributed by atoms with Crippen molar-refractivity contribution in [2.45, 2.75) is 38.8 Å². The number of Topliss-reactive ketones (excluding diaryl/α,β-unsaturated/α-hetero) is 1. The van der Waals surface area contributed by atoms with Crippen LogP contribution in [-0.4, -0.2) is 49.0 Å². The smallest absolute Gasteiger partial charge is 0.230 e. The van der Waals surface area contributed by atoms with Gasteiger partial charge in [-0.2, -0.15) is 0 Å². The third-order valence-electron chi connectivity index (χ3n) is 5.56. The van der Waals surface area contributed by atoms with Crippen molar-refractivity contribution in [2.75, 3.05) is 28.6 Å². The number of hydrogen-bond donors (Lipinski definition) is 5. The first-order chi connectivity index (χ1) is 17.4. The number of sulfonamides is 1. The highest BCUT2D eigenvalue weighted by Crippen LogP contribution is 2.25. The number of aliphatic hydroxyl groups excluding tert-OH is 1. The molecule has 37 heavy (non-hydrogen) atoms. The largest absolute Gasteiger partial charge is 0.387 e. The summed E-state index contributed by atoms with van der Waals surface area (Å²) in [6.07, 6.45) is 0.923. The highest BCUT2D eigenvalue weighted by Gasteiger charge is 2.19. The second-order valence-corrected chi connectivity index (χ2v) is 11.4. The summed E-state index contributed by atoms with van der Waals surface area (Å²) in [6, 6.07) is 11.8. The number of rotatable bonds is 12. The van der Waals surface area contributed by atoms with Crippen LogP contribution in [0.15, 0.2) is 47.8 Å². The zero-order valence-electron chi connectivity index (χ0n) is 20.8. The van der Waals surface area contributed by atoms with E-state index in [-0.39, 0.29) is 35.4 Å². The summed E-state index contributed by atoms with van der Waals surface area (Å²) in [5.41, 5.74) is 8.81. The van der Waals surface area contributed by atoms with E-state index in [2.05, 4.69) is 20.3 Å². The van der Waals surface area contributed by atoms with Crippen LogP contribution in [0.3, 0.4) is 0 Å². The number of benzene rings is 2. The van der Waals surface area contributed by atoms with Gasteiger partial charge in [-0.25, -0.2) is 13.4 Å². The molecule has 3 aromatic rings. The van der Waals surface area contributed by atoms with E-state index >= 15 is 0 Å². The summed E-state index contributed by atoms with van der Waals surface area (Å²) in [7, 11) is -3.59. The molecule has 0 aliphatic heterocycles. The van der Waals surface area contributed by atoms with Gasteiger partial charge in [0.05, 0.1) is 30.2 Å². The molecule has 1 heterocycles. The molecule has 3 rings (SSSR count). The highest BCUT2D eigenvalue weighted by molar-refractivity contribution is 7.92. The number of hydrogen-bond acceptors (Lipinski definition) is 9. The lowest BCUT2D eigenvalue weighted by molar-refractivity contribution is -0.115. The van der Waals surface area contributed by atoms with Gasteiger partial charge in [0.25, 0.3) is 0 Å². The van der Waals surface area contributed by atoms with Crippen molar-refractivity contribution in [3.8, 4) is 0 Å². The van der Waals surface area contributed by atoms with Crippen LogP contribution in [0, 0.1) is 0 Å². The molecular formula is C25H31N5O5S2. The van der Waals surface area contributed by atoms with Gasteiger partial charge in [0, 0.05) is 22.7 Å². The van der Waals surface area contributed by atoms with Crippen LogP contribution >= 0.6 is 11.3 Å². The third-order valence-corrected chi connectivity index (χ3v) is 6.88. The van der Waals surface area contributed by atoms with Gasteiger partial charge in [0.1, 0.15) is 0 Å². The van der Waals surface area contributed by atoms with Crippen molar-refractivity contribution in [3.63, 3.8) is 0 Å². The minimum Gasteiger partial charge on any atom is -0.387 e. The number of carbonyl (C=O) groups excluding carboxylic acids is 2. The molecule has 0 radical (unpaired) electrons. The second-order valence-electron chi connectivity index (χ2n) is 8.77. The molecule has 0 saturated carbocycles. The number of aromatic nitrogens is 1. The van der Waals surface area contributed by atoms with Gasteiger partial charge in [0.15, 0.2) is 10.9 Å². The van der Waals surface area contributed by atoms with Crippen molar-refractivity contribution >= 4 is 49.6 Å². The van der Waals surface area contributed by atoms with Crippen molar-refractivity contribution < 1.29 is 23.1 Å². The molecular weight excluding hydrogens is 514 g/mol. The first-order valence-corrected chi connectivity index (χ1v) is 14.3. The Hall–Kier alpha value is -3.32. The van der Waals surface area contributed by atoms with Crippen LogP contribution in [0.5, 0.6) is 0 Å². The quantitative estimate of drug-likeness (QED) is 0.217. The van der Waals surface area contributed by atoms with E-state index in [1.54, 1.807) is 11.4 Å². The number of ketones is 1. The minimum atomic E-state index is -3.59. The van der Waals surface area contributed by atoms with Crippen LogP contribution in [-0.2, 0) is 27.7 Å². The number of carbonyl (C=O) groups is 2. The summed E-state index contributed by atoms with van der Waals surface area (Å²) in [5.74, 6) is -0.456. The van der Waals surface area contributed by atoms with Crippen molar-refractivity contribution in [1.29, 1.82) is 0 Å². The second kappa shape index (κ2) is 12.3. The lowest BCUT2D eigenvalue weighted by Gasteiger charge is -2.22. The Morgan fingerprint density at radius 2 is 1.86 bits per heavy atom. The standard InChI is InChI=1S/C25H31N5O5S2/c1-15(24(33)18-6-9-21(16(2)31)22(12-18)30-37(3,34)35)27-11-10-17-4-7-19(8-5-17)28-23(32)13-20-14-36-25(26)29-20/h4-9,12,14-15,24,27,30,33H,10-11,13H2,1-3H3,(H2,26,29)(H,28,32). The maximum Gasteiger partial charge on any atom is 0.230 e. The van der Waals surface area contributed by atoms with Gasteiger partial charge in [0.2, 0.25) is 15.9 Å². The van der Waals surface area contributed by atoms with Gasteiger partial charge in [-0.3, -0.25) is 14.3 Å². The molecule has 0 bridgehead atoms. The Morgan fingerprint density at radius 3 is 2.46 bits per heavy atom. The normalized spacial score (nSPS) is 13.1. The van der Waals surface area contributed by atoms with Gasteiger partial charge in [-0.1, -0.05) is 18.2 Å². The lowest BCUT2D eigenvalue weighted by Crippen LogP contribution is -2.33. The van der Waals surface area contributed by atoms with E-state index in [1.807, 2.05) is 31.2 Å². The zero-order chi connectivity index (χ0) is 27.2. The Kier molecular flexibility index (Phi) is 9.38. The molecule has 12 heteroatoms. The van der Waals surface area contributed by atoms with Crippen LogP contribution in [0.1, 0.15) is 47.1 Å². The van der Waals surface area contributed by atoms with Crippen LogP contribution in [0.25, 0.3) is 0 Å². The first kappa shape index (κ1) is 28.3. The zero-order valence-corrected chi connectivity index (χ0v) is 22.4. The molecule has 0 saturated heterocycles. The summed E-state index contributed by atoms with van der Waals surface area (Å²) in [6.45, 7) is 3.75. The average molecular weight is 546 g/mol. The van der Waals surface area contributed by atoms with E-state index in [1.165, 1.54) is 30.4 Å². The maximum atomic E-state index is 12.2. The molecule has 0 aliphatic rings. The fraction of sp³-hybridized carbons (Fsp3) is 0.320. The first-order valence-electron chi connectivity index (χ1n) is 11.5. The van der Waals surface area contributed by atoms with Crippen molar-refractivity contribution in [1.82, 2.24) is 10.3 Å². The Balaban J connectivity index is 1.52. The van der Waals surface area contributed by atoms with Gasteiger partial charge in [-0.05, 0) is 62.2 Å². The molecule has 0 aliphatic carbocycles. The summed E-state index contributed by atoms with van der Waals surface area (Å²) < 4.78 is 25.7. The number of nitrogens with one attached hydrogen (secondary N) is 3. The topological polar surface area (TPSA) is 164 Å². The molecule has 2 atom stereocenters. The fourth-order valence-electron chi connectivity index (χ4n) is 3.71. The predicted octanol–water partition coefficient (Wildman–Crippen LogP) is 2.73. The van der Waals surface area contributed by atoms with Crippen molar-refractivity contribution in [3.05, 3.63) is 70.2 Å². The summed E-state index contributed by atoms with van der Waals surface area (Å²) in [5, 5.41) is 19.1. The van der Waals surface area contributed by atoms with E-state index in [0.717, 1.165) is 11.8 Å². The van der Waals surface area contributed by atoms with Crippen LogP contribution < -0.4 is 21.1 Å². The van der Waals surface area contributed by atoms with E-state index in [9.17, 15) is 23.1 Å². The van der Waals surface area contributed by atoms with Gasteiger partial charge < -0.3 is 21.5 Å². The molecule has 198 valence electrons. The highest BCUT2D eigenvalue weighted by atomic mass is 32.2. The molecule has 2 aromatic carbocycles. The van der Waals surface area contributed by atoms with Crippen molar-refractivity contribution in [2.24, 2.45) is 0 Å². The van der Waals surface area contributed by atoms with E-state index < -0.39 is 16.1 Å². The number of thiazole rings is 1. The number of amides is 1. The Morgan fingerprint density at radius 1 is 1.16 bits per heavy atom. The number of nitrogens with zero attached hydrogens (tertiary/aromatic N) is 1. The number of nitrogens with two attached hydrogens (primary N) is 1. The van der Waals surface area contributed by atoms with Crippen LogP contribution in [0.2, 0.25) is 0 Å². The number of aliphatic hydroxyl groups is 1. The third kappa shape index (κ3) is 8.64. The summed E-state index contributed by atoms with van der Waals surface area (Å²) >= 11 is 1.30. The molecule has 10 nitrogen and oxygen atoms in total. The van der Waals surface area contributed by atoms with Gasteiger partial charge in [-0.15, -0.1) is 11.3 Å². The maximum absolute atomic E-state index is 12.2. The predicted molar refractivity (Wildman–Crippen MR) is 146 cm³/mol. The Labute approximate surface area is 220 Å². The molecule has 1 amide bonds. The SMILES string of the molecule is CC(=O)c1ccc(C(O)C(C)NCCc2ccc(NC(=O)Cc3csc(N)n3)cc2)cc1NS(C)(=O)=O. The molecule has 6 N–H and O–H groups in total. The van der Waals surface area contributed by atoms with E-state index in [4.69, 9.17) is 5.73 Å². The molecule has 2 unspecified atom stereocenters. The molecule has 1 aromatic heterocycles. The van der Waals surface area contributed by atoms with Gasteiger partial charge >= 0.3 is 0 Å². The molecule has 0 spiro atoms. The number of nitrogen functional groups attached to an aromatic ring is 1.